The molecule has 3 aromatic carbocycles. The van der Waals surface area contributed by atoms with Crippen molar-refractivity contribution >= 4 is 41.2 Å². The van der Waals surface area contributed by atoms with Crippen molar-refractivity contribution in [1.29, 1.82) is 0 Å². The van der Waals surface area contributed by atoms with Gasteiger partial charge in [-0.2, -0.15) is 22.0 Å². The molecule has 2 fully saturated rings. The van der Waals surface area contributed by atoms with Crippen LogP contribution in [0.15, 0.2) is 78.9 Å². The van der Waals surface area contributed by atoms with Crippen molar-refractivity contribution < 1.29 is 59.9 Å². The lowest BCUT2D eigenvalue weighted by atomic mass is 9.52. The Balaban J connectivity index is 0.000000533. The van der Waals surface area contributed by atoms with E-state index in [9.17, 15) is 45.7 Å². The fourth-order valence-electron chi connectivity index (χ4n) is 10.3. The molecule has 390 valence electrons. The molecular formula is C53H72ClF5N2O8S. The van der Waals surface area contributed by atoms with Crippen LogP contribution < -0.4 is 15.8 Å². The molecule has 3 aliphatic rings. The first kappa shape index (κ1) is 58.5. The number of fused-ring (bicyclic) bond motifs is 5. The van der Waals surface area contributed by atoms with Crippen molar-refractivity contribution in [3.63, 3.8) is 0 Å². The Morgan fingerprint density at radius 2 is 1.39 bits per heavy atom. The third kappa shape index (κ3) is 16.5. The van der Waals surface area contributed by atoms with Crippen molar-refractivity contribution in [3.8, 4) is 5.75 Å². The summed E-state index contributed by atoms with van der Waals surface area (Å²) in [5.41, 5.74) is 8.40. The van der Waals surface area contributed by atoms with E-state index in [1.54, 1.807) is 26.8 Å². The number of aliphatic hydroxyl groups is 1. The van der Waals surface area contributed by atoms with Crippen LogP contribution in [0, 0.1) is 23.2 Å². The molecule has 0 aromatic heterocycles. The maximum absolute atomic E-state index is 13.3. The summed E-state index contributed by atoms with van der Waals surface area (Å²) in [6, 6.07) is 23.0. The number of nitrogens with two attached hydrogens (primary N) is 1. The predicted octanol–water partition coefficient (Wildman–Crippen LogP) is 11.0. The lowest BCUT2D eigenvalue weighted by Crippen LogP contribution is -2.47. The monoisotopic (exact) mass is 1030 g/mol. The molecule has 0 heterocycles. The highest BCUT2D eigenvalue weighted by Gasteiger charge is 2.57. The Labute approximate surface area is 418 Å². The average Bonchev–Trinajstić information content (AvgIpc) is 3.55. The zero-order valence-corrected chi connectivity index (χ0v) is 43.0. The van der Waals surface area contributed by atoms with E-state index in [2.05, 4.69) is 12.2 Å². The second kappa shape index (κ2) is 24.5. The second-order valence-corrected chi connectivity index (χ2v) is 22.9. The highest BCUT2D eigenvalue weighted by molar-refractivity contribution is 7.84. The second-order valence-electron chi connectivity index (χ2n) is 21.2. The molecule has 3 aliphatic carbocycles. The van der Waals surface area contributed by atoms with Crippen LogP contribution in [0.4, 0.5) is 26.7 Å². The fraction of sp³-hybridized carbons (Fsp3) is 0.604. The van der Waals surface area contributed by atoms with Gasteiger partial charge in [0, 0.05) is 35.1 Å². The van der Waals surface area contributed by atoms with Gasteiger partial charge in [0.05, 0.1) is 6.10 Å². The van der Waals surface area contributed by atoms with Gasteiger partial charge in [-0.3, -0.25) is 9.00 Å². The first-order valence-electron chi connectivity index (χ1n) is 24.0. The topological polar surface area (TPSA) is 154 Å². The number of ether oxygens (including phenoxy) is 3. The van der Waals surface area contributed by atoms with Gasteiger partial charge in [-0.05, 0) is 163 Å². The zero-order valence-electron chi connectivity index (χ0n) is 41.3. The van der Waals surface area contributed by atoms with E-state index in [1.807, 2.05) is 93.6 Å². The normalized spacial score (nSPS) is 23.3. The third-order valence-corrected chi connectivity index (χ3v) is 15.0. The molecule has 1 unspecified atom stereocenters. The van der Waals surface area contributed by atoms with Gasteiger partial charge in [-0.15, -0.1) is 12.4 Å². The van der Waals surface area contributed by atoms with E-state index in [-0.39, 0.29) is 65.4 Å². The first-order chi connectivity index (χ1) is 32.2. The molecule has 0 radical (unpaired) electrons. The van der Waals surface area contributed by atoms with Crippen LogP contribution in [0.2, 0.25) is 0 Å². The highest BCUT2D eigenvalue weighted by Crippen LogP contribution is 2.62. The van der Waals surface area contributed by atoms with Crippen LogP contribution in [0.5, 0.6) is 5.75 Å². The van der Waals surface area contributed by atoms with Crippen molar-refractivity contribution in [2.24, 2.45) is 28.9 Å². The molecule has 3 aromatic rings. The number of carbonyl (C=O) groups excluding carboxylic acids is 3. The zero-order chi connectivity index (χ0) is 51.0. The molecule has 6 rings (SSSR count). The van der Waals surface area contributed by atoms with E-state index < -0.39 is 77.2 Å². The van der Waals surface area contributed by atoms with Crippen LogP contribution >= 0.6 is 12.4 Å². The molecule has 0 bridgehead atoms. The number of rotatable bonds is 16. The van der Waals surface area contributed by atoms with E-state index in [1.165, 1.54) is 5.56 Å². The van der Waals surface area contributed by atoms with Crippen molar-refractivity contribution in [2.45, 2.75) is 167 Å². The van der Waals surface area contributed by atoms with E-state index >= 15 is 0 Å². The number of halogens is 6. The number of nitrogens with one attached hydrogen (secondary N) is 1. The van der Waals surface area contributed by atoms with E-state index in [4.69, 9.17) is 19.9 Å². The van der Waals surface area contributed by atoms with Gasteiger partial charge in [-0.25, -0.2) is 9.59 Å². The Kier molecular flexibility index (Phi) is 20.5. The van der Waals surface area contributed by atoms with Gasteiger partial charge >= 0.3 is 30.1 Å². The van der Waals surface area contributed by atoms with Gasteiger partial charge in [-0.1, -0.05) is 73.7 Å². The smallest absolute Gasteiger partial charge is 0.453 e. The maximum atomic E-state index is 13.3. The van der Waals surface area contributed by atoms with Crippen molar-refractivity contribution in [2.75, 3.05) is 11.5 Å². The van der Waals surface area contributed by atoms with Crippen LogP contribution in [0.25, 0.3) is 0 Å². The Hall–Kier alpha value is -4.12. The van der Waals surface area contributed by atoms with Crippen molar-refractivity contribution in [1.82, 2.24) is 5.32 Å². The number of benzene rings is 3. The average molecular weight is 1030 g/mol. The number of hydrogen-bond donors (Lipinski definition) is 3. The molecule has 4 N–H and O–H groups in total. The summed E-state index contributed by atoms with van der Waals surface area (Å²) in [5.74, 6) is -4.57. The molecule has 9 atom stereocenters. The third-order valence-electron chi connectivity index (χ3n) is 13.5. The summed E-state index contributed by atoms with van der Waals surface area (Å²) < 4.78 is 93.6. The largest absolute Gasteiger partial charge is 0.459 e. The lowest BCUT2D eigenvalue weighted by molar-refractivity contribution is -0.284. The van der Waals surface area contributed by atoms with Gasteiger partial charge in [0.25, 0.3) is 0 Å². The molecular weight excluding hydrogens is 955 g/mol. The standard InChI is InChI=1S/C40H52F5NO6S.C13H19NO2.ClH/c1-37(2,3)52-35(48)32(22-25-10-6-5-7-11-25)46-36(49)51-28-13-14-29-27(24-28)23-26(34-30(29)17-19-38(4)31(34)15-16-33(38)47)12-8-20-53(50)21-9-18-39(41,42)40(43,44)45;1-13(2,3)16-12(15)11(14)9-10-7-5-4-6-8-10;/h5-7,10-11,13-14,24,26,30-34,47H,8-9,12,15-23H2,1-4H3,(H,46,49);4-8,11H,9,14H2,1-3H3;1H/t26-,30-,31+,32+,33+,34-,38+,53?;11-;/m10./s1. The minimum absolute atomic E-state index is 0. The molecule has 70 heavy (non-hydrogen) atoms. The van der Waals surface area contributed by atoms with E-state index in [0.29, 0.717) is 31.4 Å². The van der Waals surface area contributed by atoms with Crippen molar-refractivity contribution in [3.05, 3.63) is 101 Å². The SMILES string of the molecule is CC(C)(C)OC(=O)[C@@H](N)Cc1ccccc1.CC(C)(C)OC(=O)[C@H](Cc1ccccc1)NC(=O)Oc1ccc2c(c1)C[C@@H](CCCS(=O)CCCC(F)(F)C(F)(F)F)[C@@H]1[C@@H]2CC[C@]2(C)[C@@H](O)CC[C@@H]12.Cl. The molecule has 0 saturated heterocycles. The van der Waals surface area contributed by atoms with Crippen LogP contribution in [0.1, 0.15) is 128 Å². The van der Waals surface area contributed by atoms with Gasteiger partial charge in [0.2, 0.25) is 0 Å². The summed E-state index contributed by atoms with van der Waals surface area (Å²) in [6.07, 6.45) is -2.76. The molecule has 0 spiro atoms. The number of hydrogen-bond acceptors (Lipinski definition) is 9. The maximum Gasteiger partial charge on any atom is 0.453 e. The van der Waals surface area contributed by atoms with Crippen LogP contribution in [-0.2, 0) is 49.1 Å². The Morgan fingerprint density at radius 1 is 0.814 bits per heavy atom. The summed E-state index contributed by atoms with van der Waals surface area (Å²) in [5, 5.41) is 13.7. The number of carbonyl (C=O) groups is 3. The summed E-state index contributed by atoms with van der Waals surface area (Å²) in [6.45, 7) is 12.9. The number of aliphatic hydroxyl groups excluding tert-OH is 1. The Bertz CT molecular complexity index is 2210. The quantitative estimate of drug-likeness (QED) is 0.0940. The molecule has 0 aliphatic heterocycles. The molecule has 10 nitrogen and oxygen atoms in total. The Morgan fingerprint density at radius 3 is 1.97 bits per heavy atom. The van der Waals surface area contributed by atoms with Gasteiger partial charge in [0.1, 0.15) is 29.0 Å². The minimum Gasteiger partial charge on any atom is -0.459 e. The number of alkyl halides is 5. The first-order valence-corrected chi connectivity index (χ1v) is 25.5. The molecule has 2 saturated carbocycles. The molecule has 17 heteroatoms. The van der Waals surface area contributed by atoms with Gasteiger partial charge in [0.15, 0.2) is 0 Å². The van der Waals surface area contributed by atoms with Crippen LogP contribution in [0.3, 0.4) is 0 Å². The lowest BCUT2D eigenvalue weighted by Gasteiger charge is -2.53. The van der Waals surface area contributed by atoms with Gasteiger partial charge < -0.3 is 30.4 Å². The minimum atomic E-state index is -5.62. The summed E-state index contributed by atoms with van der Waals surface area (Å²) >= 11 is 0. The highest BCUT2D eigenvalue weighted by atomic mass is 35.5. The number of esters is 2. The molecule has 1 amide bonds. The number of amides is 1. The predicted molar refractivity (Wildman–Crippen MR) is 263 cm³/mol. The summed E-state index contributed by atoms with van der Waals surface area (Å²) in [4.78, 5) is 37.9. The summed E-state index contributed by atoms with van der Waals surface area (Å²) in [7, 11) is -1.54. The van der Waals surface area contributed by atoms with Crippen LogP contribution in [-0.4, -0.2) is 80.3 Å². The fourth-order valence-corrected chi connectivity index (χ4v) is 11.5. The van der Waals surface area contributed by atoms with E-state index in [0.717, 1.165) is 42.4 Å².